The van der Waals surface area contributed by atoms with E-state index in [4.69, 9.17) is 22.9 Å². The second-order valence-corrected chi connectivity index (χ2v) is 4.03. The number of nitrogens with two attached hydrogens (primary N) is 4. The van der Waals surface area contributed by atoms with E-state index in [1.165, 1.54) is 0 Å². The summed E-state index contributed by atoms with van der Waals surface area (Å²) in [4.78, 5) is 0. The molecule has 0 bridgehead atoms. The zero-order valence-electron chi connectivity index (χ0n) is 9.50. The van der Waals surface area contributed by atoms with Gasteiger partial charge in [-0.2, -0.15) is 0 Å². The minimum atomic E-state index is -0.455. The molecule has 0 saturated carbocycles. The molecular formula is C10H26N4. The zero-order chi connectivity index (χ0) is 11.2. The van der Waals surface area contributed by atoms with Gasteiger partial charge in [-0.25, -0.2) is 0 Å². The Labute approximate surface area is 87.4 Å². The molecule has 8 N–H and O–H groups in total. The van der Waals surface area contributed by atoms with E-state index in [1.54, 1.807) is 0 Å². The first-order valence-corrected chi connectivity index (χ1v) is 5.53. The summed E-state index contributed by atoms with van der Waals surface area (Å²) in [5.74, 6) is 0. The average Bonchev–Trinajstić information content (AvgIpc) is 2.23. The summed E-state index contributed by atoms with van der Waals surface area (Å²) < 4.78 is 0. The summed E-state index contributed by atoms with van der Waals surface area (Å²) in [7, 11) is 0. The molecule has 0 radical (unpaired) electrons. The summed E-state index contributed by atoms with van der Waals surface area (Å²) in [6.07, 6.45) is 3.41. The van der Waals surface area contributed by atoms with E-state index in [0.717, 1.165) is 25.7 Å². The smallest absolute Gasteiger partial charge is 0.0461 e. The maximum absolute atomic E-state index is 6.29. The van der Waals surface area contributed by atoms with Crippen LogP contribution in [0, 0.1) is 0 Å². The molecule has 0 amide bonds. The highest BCUT2D eigenvalue weighted by molar-refractivity contribution is 5.01. The summed E-state index contributed by atoms with van der Waals surface area (Å²) in [5, 5.41) is 0. The molecule has 0 aliphatic rings. The highest BCUT2D eigenvalue weighted by Gasteiger charge is 2.35. The van der Waals surface area contributed by atoms with Crippen molar-refractivity contribution in [2.24, 2.45) is 22.9 Å². The molecule has 0 aromatic heterocycles. The molecule has 0 fully saturated rings. The summed E-state index contributed by atoms with van der Waals surface area (Å²) in [5.41, 5.74) is 23.4. The predicted molar refractivity (Wildman–Crippen MR) is 61.7 cm³/mol. The molecule has 4 heteroatoms. The van der Waals surface area contributed by atoms with Crippen molar-refractivity contribution < 1.29 is 0 Å². The third kappa shape index (κ3) is 3.20. The Morgan fingerprint density at radius 3 is 1.79 bits per heavy atom. The van der Waals surface area contributed by atoms with Gasteiger partial charge >= 0.3 is 0 Å². The Kier molecular flexibility index (Phi) is 6.27. The van der Waals surface area contributed by atoms with Crippen LogP contribution in [-0.2, 0) is 0 Å². The summed E-state index contributed by atoms with van der Waals surface area (Å²) >= 11 is 0. The van der Waals surface area contributed by atoms with Crippen molar-refractivity contribution in [3.8, 4) is 0 Å². The molecule has 0 rings (SSSR count). The number of hydrogen-bond donors (Lipinski definition) is 4. The van der Waals surface area contributed by atoms with Gasteiger partial charge in [-0.15, -0.1) is 0 Å². The van der Waals surface area contributed by atoms with Crippen LogP contribution in [0.25, 0.3) is 0 Å². The second kappa shape index (κ2) is 6.35. The molecule has 14 heavy (non-hydrogen) atoms. The van der Waals surface area contributed by atoms with Crippen LogP contribution >= 0.6 is 0 Å². The molecule has 2 atom stereocenters. The van der Waals surface area contributed by atoms with Crippen LogP contribution in [0.5, 0.6) is 0 Å². The van der Waals surface area contributed by atoms with Crippen LogP contribution < -0.4 is 22.9 Å². The topological polar surface area (TPSA) is 104 Å². The molecule has 0 aliphatic carbocycles. The highest BCUT2D eigenvalue weighted by atomic mass is 14.9. The normalized spacial score (nSPS) is 20.1. The zero-order valence-corrected chi connectivity index (χ0v) is 9.50. The van der Waals surface area contributed by atoms with Gasteiger partial charge in [-0.05, 0) is 32.2 Å². The second-order valence-electron chi connectivity index (χ2n) is 4.03. The molecule has 86 valence electrons. The van der Waals surface area contributed by atoms with Crippen molar-refractivity contribution in [2.75, 3.05) is 6.54 Å². The number of hydrogen-bond acceptors (Lipinski definition) is 4. The van der Waals surface area contributed by atoms with E-state index in [2.05, 4.69) is 0 Å². The predicted octanol–water partition coefficient (Wildman–Crippen LogP) is -0.103. The van der Waals surface area contributed by atoms with Crippen LogP contribution in [0.15, 0.2) is 0 Å². The summed E-state index contributed by atoms with van der Waals surface area (Å²) in [6.45, 7) is 4.72. The van der Waals surface area contributed by atoms with Crippen LogP contribution in [0.2, 0.25) is 0 Å². The fourth-order valence-corrected chi connectivity index (χ4v) is 1.81. The third-order valence-corrected chi connectivity index (χ3v) is 3.07. The molecule has 0 aliphatic heterocycles. The van der Waals surface area contributed by atoms with Crippen molar-refractivity contribution in [3.05, 3.63) is 0 Å². The lowest BCUT2D eigenvalue weighted by Gasteiger charge is -2.39. The van der Waals surface area contributed by atoms with Gasteiger partial charge in [0.2, 0.25) is 0 Å². The monoisotopic (exact) mass is 202 g/mol. The van der Waals surface area contributed by atoms with E-state index in [9.17, 15) is 0 Å². The quantitative estimate of drug-likeness (QED) is 0.462. The maximum Gasteiger partial charge on any atom is 0.0461 e. The van der Waals surface area contributed by atoms with Crippen molar-refractivity contribution in [1.82, 2.24) is 0 Å². The van der Waals surface area contributed by atoms with E-state index in [0.29, 0.717) is 6.54 Å². The van der Waals surface area contributed by atoms with Gasteiger partial charge in [-0.3, -0.25) is 0 Å². The maximum atomic E-state index is 6.29. The van der Waals surface area contributed by atoms with Gasteiger partial charge in [-0.1, -0.05) is 13.8 Å². The fourth-order valence-electron chi connectivity index (χ4n) is 1.81. The molecule has 0 heterocycles. The van der Waals surface area contributed by atoms with E-state index in [-0.39, 0.29) is 12.1 Å². The summed E-state index contributed by atoms with van der Waals surface area (Å²) in [6, 6.07) is -0.0759. The SMILES string of the molecule is CCC(N)C(N)(CCCN)C(N)CC. The van der Waals surface area contributed by atoms with Gasteiger partial charge in [0.1, 0.15) is 0 Å². The minimum absolute atomic E-state index is 0.0380. The van der Waals surface area contributed by atoms with Crippen molar-refractivity contribution in [3.63, 3.8) is 0 Å². The van der Waals surface area contributed by atoms with E-state index < -0.39 is 5.54 Å². The van der Waals surface area contributed by atoms with Crippen LogP contribution in [0.3, 0.4) is 0 Å². The van der Waals surface area contributed by atoms with Crippen molar-refractivity contribution in [2.45, 2.75) is 57.2 Å². The van der Waals surface area contributed by atoms with Crippen molar-refractivity contribution in [1.29, 1.82) is 0 Å². The molecule has 4 nitrogen and oxygen atoms in total. The lowest BCUT2D eigenvalue weighted by atomic mass is 9.78. The van der Waals surface area contributed by atoms with Gasteiger partial charge in [0.25, 0.3) is 0 Å². The lowest BCUT2D eigenvalue weighted by molar-refractivity contribution is 0.249. The fraction of sp³-hybridized carbons (Fsp3) is 1.00. The average molecular weight is 202 g/mol. The van der Waals surface area contributed by atoms with E-state index >= 15 is 0 Å². The van der Waals surface area contributed by atoms with E-state index in [1.807, 2.05) is 13.8 Å². The molecule has 0 saturated heterocycles. The Morgan fingerprint density at radius 2 is 1.50 bits per heavy atom. The van der Waals surface area contributed by atoms with Gasteiger partial charge in [0, 0.05) is 17.6 Å². The molecule has 0 aromatic rings. The first-order valence-electron chi connectivity index (χ1n) is 5.53. The van der Waals surface area contributed by atoms with Gasteiger partial charge < -0.3 is 22.9 Å². The minimum Gasteiger partial charge on any atom is -0.330 e. The third-order valence-electron chi connectivity index (χ3n) is 3.07. The van der Waals surface area contributed by atoms with Crippen molar-refractivity contribution >= 4 is 0 Å². The van der Waals surface area contributed by atoms with Crippen LogP contribution in [-0.4, -0.2) is 24.2 Å². The van der Waals surface area contributed by atoms with Gasteiger partial charge in [0.05, 0.1) is 0 Å². The molecule has 2 unspecified atom stereocenters. The standard InChI is InChI=1S/C10H26N4/c1-3-8(12)10(14,6-5-7-11)9(13)4-2/h8-9H,3-7,11-14H2,1-2H3. The molecule has 0 spiro atoms. The lowest BCUT2D eigenvalue weighted by Crippen LogP contribution is -2.65. The Balaban J connectivity index is 4.47. The van der Waals surface area contributed by atoms with Crippen LogP contribution in [0.1, 0.15) is 39.5 Å². The Morgan fingerprint density at radius 1 is 1.07 bits per heavy atom. The highest BCUT2D eigenvalue weighted by Crippen LogP contribution is 2.20. The first-order chi connectivity index (χ1) is 6.52. The van der Waals surface area contributed by atoms with Crippen LogP contribution in [0.4, 0.5) is 0 Å². The molecular weight excluding hydrogens is 176 g/mol. The Bertz CT molecular complexity index is 139. The molecule has 0 aromatic carbocycles. The van der Waals surface area contributed by atoms with Gasteiger partial charge in [0.15, 0.2) is 0 Å². The first kappa shape index (κ1) is 13.8. The Hall–Kier alpha value is -0.160. The number of rotatable bonds is 7. The largest absolute Gasteiger partial charge is 0.330 e.